The van der Waals surface area contributed by atoms with Crippen LogP contribution in [0.25, 0.3) is 0 Å². The summed E-state index contributed by atoms with van der Waals surface area (Å²) in [7, 11) is -1.69. The third kappa shape index (κ3) is 3.60. The lowest BCUT2D eigenvalue weighted by atomic mass is 9.99. The molecule has 3 rings (SSSR count). The normalized spacial score (nSPS) is 30.4. The second-order valence-corrected chi connectivity index (χ2v) is 14.0. The molecule has 2 fully saturated rings. The lowest BCUT2D eigenvalue weighted by Gasteiger charge is -2.38. The van der Waals surface area contributed by atoms with Crippen molar-refractivity contribution in [3.63, 3.8) is 0 Å². The van der Waals surface area contributed by atoms with E-state index >= 15 is 0 Å². The van der Waals surface area contributed by atoms with Crippen LogP contribution in [0.4, 0.5) is 0 Å². The second kappa shape index (κ2) is 6.54. The van der Waals surface area contributed by atoms with Gasteiger partial charge >= 0.3 is 0 Å². The molecule has 0 bridgehead atoms. The summed E-state index contributed by atoms with van der Waals surface area (Å²) in [6, 6.07) is 0. The fourth-order valence-corrected chi connectivity index (χ4v) is 5.49. The van der Waals surface area contributed by atoms with E-state index in [1.54, 1.807) is 17.1 Å². The van der Waals surface area contributed by atoms with Gasteiger partial charge in [-0.25, -0.2) is 4.98 Å². The zero-order valence-corrected chi connectivity index (χ0v) is 17.3. The number of hydrogen-bond acceptors (Lipinski definition) is 4. The molecule has 2 aliphatic rings. The van der Waals surface area contributed by atoms with Crippen LogP contribution < -0.4 is 0 Å². The Labute approximate surface area is 152 Å². The van der Waals surface area contributed by atoms with E-state index in [9.17, 15) is 0 Å². The molecule has 2 aliphatic carbocycles. The second-order valence-electron chi connectivity index (χ2n) is 8.87. The number of hydrogen-bond donors (Lipinski definition) is 0. The van der Waals surface area contributed by atoms with Crippen LogP contribution in [0, 0.1) is 11.8 Å². The van der Waals surface area contributed by atoms with Crippen molar-refractivity contribution < 1.29 is 9.16 Å². The summed E-state index contributed by atoms with van der Waals surface area (Å²) >= 11 is 5.41. The first-order valence-corrected chi connectivity index (χ1v) is 12.4. The Bertz CT molecular complexity index is 582. The quantitative estimate of drug-likeness (QED) is 0.578. The molecule has 0 unspecified atom stereocenters. The lowest BCUT2D eigenvalue weighted by Crippen LogP contribution is -2.43. The van der Waals surface area contributed by atoms with Crippen LogP contribution in [0.15, 0.2) is 18.7 Å². The van der Waals surface area contributed by atoms with Gasteiger partial charge in [0.2, 0.25) is 0 Å². The molecule has 1 aromatic rings. The molecule has 0 aliphatic heterocycles. The Kier molecular flexibility index (Phi) is 4.92. The lowest BCUT2D eigenvalue weighted by molar-refractivity contribution is 0.120. The van der Waals surface area contributed by atoms with Gasteiger partial charge in [0.25, 0.3) is 5.17 Å². The van der Waals surface area contributed by atoms with Crippen LogP contribution in [0.1, 0.15) is 46.5 Å². The Hall–Kier alpha value is -0.723. The van der Waals surface area contributed by atoms with Gasteiger partial charge < -0.3 is 9.16 Å². The van der Waals surface area contributed by atoms with Gasteiger partial charge in [0, 0.05) is 24.4 Å². The van der Waals surface area contributed by atoms with E-state index in [1.807, 2.05) is 6.20 Å². The van der Waals surface area contributed by atoms with Crippen molar-refractivity contribution in [3.8, 4) is 0 Å². The molecule has 4 atom stereocenters. The number of imidazole rings is 1. The van der Waals surface area contributed by atoms with E-state index in [4.69, 9.17) is 21.4 Å². The van der Waals surface area contributed by atoms with E-state index in [0.717, 1.165) is 18.8 Å². The molecule has 0 saturated heterocycles. The van der Waals surface area contributed by atoms with E-state index in [2.05, 4.69) is 38.8 Å². The van der Waals surface area contributed by atoms with Crippen LogP contribution in [-0.4, -0.2) is 35.3 Å². The number of thiocarbonyl (C=S) groups is 1. The molecule has 0 amide bonds. The van der Waals surface area contributed by atoms with Gasteiger partial charge in [0.05, 0.1) is 0 Å². The number of nitrogens with zero attached hydrogens (tertiary/aromatic N) is 2. The van der Waals surface area contributed by atoms with Crippen molar-refractivity contribution >= 4 is 25.7 Å². The predicted molar refractivity (Wildman–Crippen MR) is 103 cm³/mol. The smallest absolute Gasteiger partial charge is 0.269 e. The first-order chi connectivity index (χ1) is 11.2. The Balaban J connectivity index is 1.59. The van der Waals surface area contributed by atoms with Gasteiger partial charge in [0.15, 0.2) is 8.32 Å². The molecule has 1 heterocycles. The first kappa shape index (κ1) is 18.1. The van der Waals surface area contributed by atoms with E-state index in [1.165, 1.54) is 12.8 Å². The third-order valence-electron chi connectivity index (χ3n) is 6.24. The summed E-state index contributed by atoms with van der Waals surface area (Å²) in [5.74, 6) is 1.32. The zero-order chi connectivity index (χ0) is 17.5. The molecule has 6 heteroatoms. The van der Waals surface area contributed by atoms with Crippen LogP contribution in [-0.2, 0) is 9.16 Å². The molecule has 0 aromatic carbocycles. The highest BCUT2D eigenvalue weighted by atomic mass is 32.1. The summed E-state index contributed by atoms with van der Waals surface area (Å²) in [5.41, 5.74) is 0. The Morgan fingerprint density at radius 1 is 1.25 bits per heavy atom. The van der Waals surface area contributed by atoms with Gasteiger partial charge in [-0.1, -0.05) is 20.8 Å². The standard InChI is InChI=1S/C18H30N2O2SSi/c1-18(2,3)24(4,5)22-14-10-13-6-7-16(15(13)11-14)21-17(23)20-9-8-19-12-20/h8-9,12-16H,6-7,10-11H2,1-5H3/t13-,14+,15+,16-/m1/s1. The topological polar surface area (TPSA) is 36.3 Å². The monoisotopic (exact) mass is 366 g/mol. The zero-order valence-electron chi connectivity index (χ0n) is 15.5. The summed E-state index contributed by atoms with van der Waals surface area (Å²) in [4.78, 5) is 4.04. The van der Waals surface area contributed by atoms with Gasteiger partial charge in [-0.05, 0) is 62.0 Å². The molecule has 1 aromatic heterocycles. The molecule has 0 spiro atoms. The summed E-state index contributed by atoms with van der Waals surface area (Å²) < 4.78 is 14.6. The molecule has 134 valence electrons. The average Bonchev–Trinajstić information content (AvgIpc) is 3.15. The maximum Gasteiger partial charge on any atom is 0.269 e. The number of ether oxygens (including phenoxy) is 1. The van der Waals surface area contributed by atoms with Crippen LogP contribution >= 0.6 is 12.2 Å². The minimum atomic E-state index is -1.69. The van der Waals surface area contributed by atoms with Crippen LogP contribution in [0.2, 0.25) is 18.1 Å². The van der Waals surface area contributed by atoms with E-state index < -0.39 is 8.32 Å². The van der Waals surface area contributed by atoms with Crippen LogP contribution in [0.3, 0.4) is 0 Å². The van der Waals surface area contributed by atoms with Crippen molar-refractivity contribution in [3.05, 3.63) is 18.7 Å². The fourth-order valence-electron chi connectivity index (χ4n) is 3.88. The minimum Gasteiger partial charge on any atom is -0.467 e. The van der Waals surface area contributed by atoms with Crippen molar-refractivity contribution in [2.24, 2.45) is 11.8 Å². The molecule has 0 N–H and O–H groups in total. The molecular formula is C18H30N2O2SSi. The molecule has 0 radical (unpaired) electrons. The fraction of sp³-hybridized carbons (Fsp3) is 0.778. The minimum absolute atomic E-state index is 0.234. The number of aromatic nitrogens is 2. The highest BCUT2D eigenvalue weighted by Crippen LogP contribution is 2.48. The summed E-state index contributed by atoms with van der Waals surface area (Å²) in [6.07, 6.45) is 10.6. The highest BCUT2D eigenvalue weighted by molar-refractivity contribution is 7.80. The number of rotatable bonds is 3. The molecule has 2 saturated carbocycles. The molecular weight excluding hydrogens is 336 g/mol. The maximum absolute atomic E-state index is 6.66. The van der Waals surface area contributed by atoms with Gasteiger partial charge in [-0.2, -0.15) is 0 Å². The van der Waals surface area contributed by atoms with Crippen molar-refractivity contribution in [2.45, 2.75) is 76.8 Å². The largest absolute Gasteiger partial charge is 0.467 e. The Morgan fingerprint density at radius 3 is 2.62 bits per heavy atom. The van der Waals surface area contributed by atoms with E-state index in [0.29, 0.717) is 17.2 Å². The van der Waals surface area contributed by atoms with E-state index in [-0.39, 0.29) is 11.1 Å². The summed E-state index contributed by atoms with van der Waals surface area (Å²) in [6.45, 7) is 11.6. The third-order valence-corrected chi connectivity index (χ3v) is 11.1. The summed E-state index contributed by atoms with van der Waals surface area (Å²) in [5, 5.41) is 0.788. The van der Waals surface area contributed by atoms with Gasteiger partial charge in [-0.15, -0.1) is 0 Å². The van der Waals surface area contributed by atoms with Crippen molar-refractivity contribution in [2.75, 3.05) is 0 Å². The SMILES string of the molecule is CC(C)(C)[Si](C)(C)O[C@H]1C[C@H]2CC[C@@H](OC(=S)n3ccnc3)[C@H]2C1. The predicted octanol–water partition coefficient (Wildman–Crippen LogP) is 4.61. The van der Waals surface area contributed by atoms with Gasteiger partial charge in [0.1, 0.15) is 12.4 Å². The molecule has 24 heavy (non-hydrogen) atoms. The van der Waals surface area contributed by atoms with Crippen molar-refractivity contribution in [1.29, 1.82) is 0 Å². The first-order valence-electron chi connectivity index (χ1n) is 9.04. The van der Waals surface area contributed by atoms with Crippen molar-refractivity contribution in [1.82, 2.24) is 9.55 Å². The Morgan fingerprint density at radius 2 is 2.00 bits per heavy atom. The maximum atomic E-state index is 6.66. The highest BCUT2D eigenvalue weighted by Gasteiger charge is 2.48. The molecule has 4 nitrogen and oxygen atoms in total. The van der Waals surface area contributed by atoms with Crippen LogP contribution in [0.5, 0.6) is 0 Å². The average molecular weight is 367 g/mol. The number of fused-ring (bicyclic) bond motifs is 1. The van der Waals surface area contributed by atoms with Gasteiger partial charge in [-0.3, -0.25) is 4.57 Å².